The fourth-order valence-corrected chi connectivity index (χ4v) is 3.29. The van der Waals surface area contributed by atoms with Crippen molar-refractivity contribution in [2.75, 3.05) is 6.61 Å². The first-order valence-electron chi connectivity index (χ1n) is 7.26. The van der Waals surface area contributed by atoms with Gasteiger partial charge in [-0.1, -0.05) is 11.6 Å². The van der Waals surface area contributed by atoms with Crippen molar-refractivity contribution in [1.82, 2.24) is 9.55 Å². The minimum Gasteiger partial charge on any atom is -0.472 e. The van der Waals surface area contributed by atoms with Crippen LogP contribution in [0.4, 0.5) is 0 Å². The summed E-state index contributed by atoms with van der Waals surface area (Å²) in [6.45, 7) is -0.214. The molecule has 6 nitrogen and oxygen atoms in total. The van der Waals surface area contributed by atoms with Gasteiger partial charge >= 0.3 is 5.69 Å². The maximum atomic E-state index is 12.0. The summed E-state index contributed by atoms with van der Waals surface area (Å²) in [5.41, 5.74) is -0.473. The van der Waals surface area contributed by atoms with E-state index in [-0.39, 0.29) is 6.61 Å². The zero-order valence-corrected chi connectivity index (χ0v) is 14.1. The molecule has 2 N–H and O–H groups in total. The second kappa shape index (κ2) is 7.29. The number of thioether (sulfide) groups is 1. The van der Waals surface area contributed by atoms with E-state index in [4.69, 9.17) is 21.4 Å². The standard InChI is InChI=1S/C16H15ClN2O4S/c17-11-1-4-13(5-2-11)24-9-10-7-19(16(22)18-15(10)21)14-6-3-12(8-20)23-14/h1-5,7,14,20H,6,8-9H2,(H,18,21,22)/t14-/m1/s1. The molecule has 24 heavy (non-hydrogen) atoms. The van der Waals surface area contributed by atoms with Crippen molar-refractivity contribution in [2.24, 2.45) is 0 Å². The molecule has 2 heterocycles. The highest BCUT2D eigenvalue weighted by molar-refractivity contribution is 7.98. The van der Waals surface area contributed by atoms with Gasteiger partial charge in [0.2, 0.25) is 0 Å². The molecular weight excluding hydrogens is 352 g/mol. The molecule has 1 atom stereocenters. The predicted octanol–water partition coefficient (Wildman–Crippen LogP) is 2.28. The quantitative estimate of drug-likeness (QED) is 0.793. The van der Waals surface area contributed by atoms with Gasteiger partial charge in [0, 0.05) is 33.9 Å². The first kappa shape index (κ1) is 16.9. The van der Waals surface area contributed by atoms with Crippen molar-refractivity contribution in [1.29, 1.82) is 0 Å². The van der Waals surface area contributed by atoms with Crippen LogP contribution >= 0.6 is 23.4 Å². The Kier molecular flexibility index (Phi) is 5.13. The molecule has 8 heteroatoms. The van der Waals surface area contributed by atoms with E-state index in [0.29, 0.717) is 28.5 Å². The minimum atomic E-state index is -0.546. The number of hydrogen-bond acceptors (Lipinski definition) is 5. The molecule has 126 valence electrons. The molecule has 1 aromatic carbocycles. The van der Waals surface area contributed by atoms with Gasteiger partial charge in [0.1, 0.15) is 12.4 Å². The fraction of sp³-hybridized carbons (Fsp3) is 0.250. The Morgan fingerprint density at radius 3 is 2.75 bits per heavy atom. The van der Waals surface area contributed by atoms with Gasteiger partial charge in [-0.05, 0) is 30.3 Å². The summed E-state index contributed by atoms with van der Waals surface area (Å²) < 4.78 is 6.82. The molecule has 1 aromatic heterocycles. The van der Waals surface area contributed by atoms with Crippen molar-refractivity contribution < 1.29 is 9.84 Å². The number of rotatable bonds is 5. The van der Waals surface area contributed by atoms with Crippen LogP contribution in [0.25, 0.3) is 0 Å². The molecule has 0 amide bonds. The van der Waals surface area contributed by atoms with E-state index < -0.39 is 17.5 Å². The molecule has 2 aromatic rings. The summed E-state index contributed by atoms with van der Waals surface area (Å²) in [6, 6.07) is 7.30. The molecule has 0 bridgehead atoms. The lowest BCUT2D eigenvalue weighted by molar-refractivity contribution is 0.0590. The highest BCUT2D eigenvalue weighted by atomic mass is 35.5. The van der Waals surface area contributed by atoms with Gasteiger partial charge in [-0.15, -0.1) is 11.8 Å². The Morgan fingerprint density at radius 2 is 2.08 bits per heavy atom. The maximum Gasteiger partial charge on any atom is 0.331 e. The summed E-state index contributed by atoms with van der Waals surface area (Å²) in [5.74, 6) is 0.833. The Bertz CT molecular complexity index is 873. The molecule has 3 rings (SSSR count). The number of aromatic nitrogens is 2. The van der Waals surface area contributed by atoms with Crippen LogP contribution in [-0.4, -0.2) is 21.3 Å². The van der Waals surface area contributed by atoms with Crippen LogP contribution in [0.15, 0.2) is 56.8 Å². The molecule has 0 fully saturated rings. The van der Waals surface area contributed by atoms with E-state index in [1.165, 1.54) is 22.5 Å². The van der Waals surface area contributed by atoms with Crippen molar-refractivity contribution in [3.8, 4) is 0 Å². The summed E-state index contributed by atoms with van der Waals surface area (Å²) in [4.78, 5) is 27.3. The molecule has 0 radical (unpaired) electrons. The summed E-state index contributed by atoms with van der Waals surface area (Å²) in [6.07, 6.45) is 3.16. The Morgan fingerprint density at radius 1 is 1.33 bits per heavy atom. The summed E-state index contributed by atoms with van der Waals surface area (Å²) >= 11 is 7.32. The molecule has 0 aliphatic carbocycles. The number of halogens is 1. The number of ether oxygens (including phenoxy) is 1. The number of aliphatic hydroxyl groups is 1. The number of nitrogens with zero attached hydrogens (tertiary/aromatic N) is 1. The van der Waals surface area contributed by atoms with Crippen LogP contribution in [0.3, 0.4) is 0 Å². The lowest BCUT2D eigenvalue weighted by Gasteiger charge is -2.16. The monoisotopic (exact) mass is 366 g/mol. The van der Waals surface area contributed by atoms with Crippen LogP contribution < -0.4 is 11.2 Å². The van der Waals surface area contributed by atoms with Crippen molar-refractivity contribution in [2.45, 2.75) is 23.3 Å². The molecule has 1 aliphatic heterocycles. The second-order valence-corrected chi connectivity index (χ2v) is 6.69. The SMILES string of the molecule is O=c1[nH]c(=O)n([C@H]2CC=C(CO)O2)cc1CSc1ccc(Cl)cc1. The van der Waals surface area contributed by atoms with Gasteiger partial charge in [0.15, 0.2) is 6.23 Å². The third-order valence-electron chi connectivity index (χ3n) is 3.55. The smallest absolute Gasteiger partial charge is 0.331 e. The van der Waals surface area contributed by atoms with E-state index in [2.05, 4.69) is 4.98 Å². The van der Waals surface area contributed by atoms with E-state index >= 15 is 0 Å². The van der Waals surface area contributed by atoms with E-state index in [1.807, 2.05) is 12.1 Å². The molecule has 1 aliphatic rings. The molecular formula is C16H15ClN2O4S. The molecule has 0 saturated carbocycles. The zero-order valence-electron chi connectivity index (χ0n) is 12.6. The van der Waals surface area contributed by atoms with Crippen LogP contribution in [0.1, 0.15) is 18.2 Å². The Balaban J connectivity index is 1.78. The fourth-order valence-electron chi connectivity index (χ4n) is 2.31. The lowest BCUT2D eigenvalue weighted by Crippen LogP contribution is -2.34. The minimum absolute atomic E-state index is 0.214. The van der Waals surface area contributed by atoms with Crippen LogP contribution in [0.5, 0.6) is 0 Å². The van der Waals surface area contributed by atoms with E-state index in [1.54, 1.807) is 18.2 Å². The third-order valence-corrected chi connectivity index (χ3v) is 4.86. The van der Waals surface area contributed by atoms with Gasteiger partial charge in [-0.2, -0.15) is 0 Å². The molecule has 0 spiro atoms. The lowest BCUT2D eigenvalue weighted by atomic mass is 10.3. The number of aromatic amines is 1. The maximum absolute atomic E-state index is 12.0. The molecule has 0 saturated heterocycles. The van der Waals surface area contributed by atoms with Gasteiger partial charge in [-0.25, -0.2) is 4.79 Å². The summed E-state index contributed by atoms with van der Waals surface area (Å²) in [7, 11) is 0. The van der Waals surface area contributed by atoms with E-state index in [9.17, 15) is 9.59 Å². The number of H-pyrrole nitrogens is 1. The number of hydrogen-bond donors (Lipinski definition) is 2. The summed E-state index contributed by atoms with van der Waals surface area (Å²) in [5, 5.41) is 9.73. The number of nitrogens with one attached hydrogen (secondary N) is 1. The third kappa shape index (κ3) is 3.75. The highest BCUT2D eigenvalue weighted by Gasteiger charge is 2.21. The average Bonchev–Trinajstić information content (AvgIpc) is 3.04. The van der Waals surface area contributed by atoms with Gasteiger partial charge in [-0.3, -0.25) is 14.3 Å². The second-order valence-electron chi connectivity index (χ2n) is 5.20. The topological polar surface area (TPSA) is 84.3 Å². The Hall–Kier alpha value is -1.96. The Labute approximate surface area is 146 Å². The molecule has 0 unspecified atom stereocenters. The van der Waals surface area contributed by atoms with Crippen molar-refractivity contribution in [3.05, 3.63) is 73.7 Å². The zero-order chi connectivity index (χ0) is 17.1. The van der Waals surface area contributed by atoms with Crippen LogP contribution in [0, 0.1) is 0 Å². The van der Waals surface area contributed by atoms with Crippen molar-refractivity contribution in [3.63, 3.8) is 0 Å². The van der Waals surface area contributed by atoms with Crippen LogP contribution in [0.2, 0.25) is 5.02 Å². The van der Waals surface area contributed by atoms with Crippen LogP contribution in [-0.2, 0) is 10.5 Å². The first-order chi connectivity index (χ1) is 11.6. The van der Waals surface area contributed by atoms with Gasteiger partial charge < -0.3 is 9.84 Å². The number of aliphatic hydroxyl groups excluding tert-OH is 1. The normalized spacial score (nSPS) is 16.8. The van der Waals surface area contributed by atoms with Gasteiger partial charge in [0.05, 0.1) is 0 Å². The van der Waals surface area contributed by atoms with Gasteiger partial charge in [0.25, 0.3) is 5.56 Å². The first-order valence-corrected chi connectivity index (χ1v) is 8.62. The number of benzene rings is 1. The predicted molar refractivity (Wildman–Crippen MR) is 92.2 cm³/mol. The average molecular weight is 367 g/mol. The highest BCUT2D eigenvalue weighted by Crippen LogP contribution is 2.26. The van der Waals surface area contributed by atoms with Crippen molar-refractivity contribution >= 4 is 23.4 Å². The van der Waals surface area contributed by atoms with E-state index in [0.717, 1.165) is 4.90 Å². The largest absolute Gasteiger partial charge is 0.472 e.